The van der Waals surface area contributed by atoms with E-state index in [1.165, 1.54) is 12.1 Å². The van der Waals surface area contributed by atoms with Crippen molar-refractivity contribution in [2.75, 3.05) is 0 Å². The van der Waals surface area contributed by atoms with Gasteiger partial charge in [-0.3, -0.25) is 9.67 Å². The van der Waals surface area contributed by atoms with Crippen LogP contribution in [-0.2, 0) is 12.0 Å². The van der Waals surface area contributed by atoms with E-state index < -0.39 is 11.4 Å². The normalized spacial score (nSPS) is 14.6. The molecule has 0 saturated carbocycles. The highest BCUT2D eigenvalue weighted by Gasteiger charge is 2.26. The van der Waals surface area contributed by atoms with Gasteiger partial charge < -0.3 is 5.11 Å². The molecule has 4 nitrogen and oxygen atoms in total. The van der Waals surface area contributed by atoms with Crippen LogP contribution in [0.1, 0.15) is 38.2 Å². The zero-order valence-corrected chi connectivity index (χ0v) is 11.3. The van der Waals surface area contributed by atoms with Gasteiger partial charge >= 0.3 is 0 Å². The smallest absolute Gasteiger partial charge is 0.141 e. The maximum absolute atomic E-state index is 12.8. The Labute approximate surface area is 111 Å². The third kappa shape index (κ3) is 3.17. The Morgan fingerprint density at radius 3 is 2.63 bits per heavy atom. The summed E-state index contributed by atoms with van der Waals surface area (Å²) >= 11 is 0. The molecule has 0 fully saturated rings. The first kappa shape index (κ1) is 13.7. The van der Waals surface area contributed by atoms with E-state index in [2.05, 4.69) is 10.1 Å². The van der Waals surface area contributed by atoms with Gasteiger partial charge in [0.2, 0.25) is 0 Å². The number of halogens is 1. The van der Waals surface area contributed by atoms with E-state index in [4.69, 9.17) is 0 Å². The van der Waals surface area contributed by atoms with Gasteiger partial charge in [0.15, 0.2) is 0 Å². The van der Waals surface area contributed by atoms with E-state index in [0.29, 0.717) is 12.1 Å². The molecule has 19 heavy (non-hydrogen) atoms. The van der Waals surface area contributed by atoms with Gasteiger partial charge in [-0.15, -0.1) is 0 Å². The highest BCUT2D eigenvalue weighted by molar-refractivity contribution is 5.16. The summed E-state index contributed by atoms with van der Waals surface area (Å²) in [5.41, 5.74) is 0.0574. The molecule has 2 aromatic heterocycles. The van der Waals surface area contributed by atoms with Crippen LogP contribution in [-0.4, -0.2) is 19.9 Å². The lowest BCUT2D eigenvalue weighted by molar-refractivity contribution is 0.0517. The molecular formula is C14H18FN3O. The summed E-state index contributed by atoms with van der Waals surface area (Å²) < 4.78 is 14.7. The monoisotopic (exact) mass is 263 g/mol. The molecule has 0 amide bonds. The van der Waals surface area contributed by atoms with Crippen molar-refractivity contribution < 1.29 is 9.50 Å². The fourth-order valence-corrected chi connectivity index (χ4v) is 1.90. The van der Waals surface area contributed by atoms with Crippen LogP contribution >= 0.6 is 0 Å². The van der Waals surface area contributed by atoms with E-state index in [0.717, 1.165) is 11.9 Å². The Morgan fingerprint density at radius 2 is 2.11 bits per heavy atom. The lowest BCUT2D eigenvalue weighted by Crippen LogP contribution is -2.26. The Balaban J connectivity index is 2.17. The minimum atomic E-state index is -1.16. The number of pyridine rings is 1. The summed E-state index contributed by atoms with van der Waals surface area (Å²) in [4.78, 5) is 3.93. The third-order valence-electron chi connectivity index (χ3n) is 3.00. The molecule has 2 heterocycles. The fraction of sp³-hybridized carbons (Fsp3) is 0.429. The van der Waals surface area contributed by atoms with Crippen LogP contribution in [0.5, 0.6) is 0 Å². The zero-order chi connectivity index (χ0) is 14.0. The molecular weight excluding hydrogens is 245 g/mol. The van der Waals surface area contributed by atoms with E-state index >= 15 is 0 Å². The number of hydrogen-bond acceptors (Lipinski definition) is 3. The van der Waals surface area contributed by atoms with Gasteiger partial charge in [0.25, 0.3) is 0 Å². The van der Waals surface area contributed by atoms with Gasteiger partial charge in [-0.2, -0.15) is 5.10 Å². The molecule has 0 spiro atoms. The van der Waals surface area contributed by atoms with Crippen molar-refractivity contribution in [3.63, 3.8) is 0 Å². The van der Waals surface area contributed by atoms with Gasteiger partial charge in [0.1, 0.15) is 11.4 Å². The Bertz CT molecular complexity index is 546. The number of rotatable bonds is 4. The van der Waals surface area contributed by atoms with Crippen LogP contribution in [0.15, 0.2) is 30.6 Å². The quantitative estimate of drug-likeness (QED) is 0.921. The lowest BCUT2D eigenvalue weighted by Gasteiger charge is -2.21. The molecule has 1 atom stereocenters. The molecule has 0 aliphatic rings. The van der Waals surface area contributed by atoms with Crippen molar-refractivity contribution in [2.45, 2.75) is 38.8 Å². The minimum absolute atomic E-state index is 0.280. The molecule has 2 rings (SSSR count). The molecule has 0 aromatic carbocycles. The molecule has 0 saturated heterocycles. The molecule has 5 heteroatoms. The second-order valence-electron chi connectivity index (χ2n) is 5.19. The van der Waals surface area contributed by atoms with E-state index in [1.807, 2.05) is 30.8 Å². The van der Waals surface area contributed by atoms with Crippen molar-refractivity contribution in [2.24, 2.45) is 0 Å². The lowest BCUT2D eigenvalue weighted by atomic mass is 9.96. The zero-order valence-electron chi connectivity index (χ0n) is 11.3. The summed E-state index contributed by atoms with van der Waals surface area (Å²) in [5.74, 6) is -0.413. The predicted molar refractivity (Wildman–Crippen MR) is 70.1 cm³/mol. The molecule has 0 aliphatic heterocycles. The molecule has 0 bridgehead atoms. The van der Waals surface area contributed by atoms with E-state index in [9.17, 15) is 9.50 Å². The van der Waals surface area contributed by atoms with Crippen LogP contribution in [0.2, 0.25) is 0 Å². The van der Waals surface area contributed by atoms with Crippen molar-refractivity contribution in [3.05, 3.63) is 47.8 Å². The maximum atomic E-state index is 12.8. The topological polar surface area (TPSA) is 50.9 Å². The Kier molecular flexibility index (Phi) is 3.66. The summed E-state index contributed by atoms with van der Waals surface area (Å²) in [6.45, 7) is 5.73. The molecule has 0 radical (unpaired) electrons. The summed E-state index contributed by atoms with van der Waals surface area (Å²) in [6, 6.07) is 4.94. The van der Waals surface area contributed by atoms with Gasteiger partial charge in [0, 0.05) is 18.7 Å². The minimum Gasteiger partial charge on any atom is -0.383 e. The van der Waals surface area contributed by atoms with Crippen molar-refractivity contribution in [1.82, 2.24) is 14.8 Å². The first-order chi connectivity index (χ1) is 8.88. The highest BCUT2D eigenvalue weighted by atomic mass is 19.1. The van der Waals surface area contributed by atoms with E-state index in [1.54, 1.807) is 6.92 Å². The number of nitrogens with zero attached hydrogens (tertiary/aromatic N) is 3. The second kappa shape index (κ2) is 5.09. The van der Waals surface area contributed by atoms with Crippen LogP contribution < -0.4 is 0 Å². The van der Waals surface area contributed by atoms with Gasteiger partial charge in [-0.05, 0) is 39.0 Å². The summed E-state index contributed by atoms with van der Waals surface area (Å²) in [6.07, 6.45) is 3.33. The average molecular weight is 263 g/mol. The highest BCUT2D eigenvalue weighted by Crippen LogP contribution is 2.23. The SMILES string of the molecule is CC(C)n1ccc(CC(C)(O)c2ccc(F)cn2)n1. The molecule has 2 aromatic rings. The molecule has 1 N–H and O–H groups in total. The second-order valence-corrected chi connectivity index (χ2v) is 5.19. The van der Waals surface area contributed by atoms with Crippen LogP contribution in [0.25, 0.3) is 0 Å². The van der Waals surface area contributed by atoms with Gasteiger partial charge in [0.05, 0.1) is 17.6 Å². The standard InChI is InChI=1S/C14H18FN3O/c1-10(2)18-7-6-12(17-18)8-14(3,19)13-5-4-11(15)9-16-13/h4-7,9-10,19H,8H2,1-3H3. The van der Waals surface area contributed by atoms with Crippen LogP contribution in [0, 0.1) is 5.82 Å². The largest absolute Gasteiger partial charge is 0.383 e. The fourth-order valence-electron chi connectivity index (χ4n) is 1.90. The number of aromatic nitrogens is 3. The van der Waals surface area contributed by atoms with Crippen molar-refractivity contribution in [1.29, 1.82) is 0 Å². The maximum Gasteiger partial charge on any atom is 0.141 e. The molecule has 1 unspecified atom stereocenters. The Hall–Kier alpha value is -1.75. The molecule has 0 aliphatic carbocycles. The third-order valence-corrected chi connectivity index (χ3v) is 3.00. The van der Waals surface area contributed by atoms with E-state index in [-0.39, 0.29) is 6.04 Å². The number of aliphatic hydroxyl groups is 1. The number of hydrogen-bond donors (Lipinski definition) is 1. The predicted octanol–water partition coefficient (Wildman–Crippen LogP) is 2.45. The van der Waals surface area contributed by atoms with Gasteiger partial charge in [-0.1, -0.05) is 0 Å². The molecule has 102 valence electrons. The summed E-state index contributed by atoms with van der Waals surface area (Å²) in [7, 11) is 0. The average Bonchev–Trinajstić information content (AvgIpc) is 2.77. The van der Waals surface area contributed by atoms with Crippen LogP contribution in [0.4, 0.5) is 4.39 Å². The van der Waals surface area contributed by atoms with Crippen molar-refractivity contribution >= 4 is 0 Å². The van der Waals surface area contributed by atoms with Gasteiger partial charge in [-0.25, -0.2) is 4.39 Å². The first-order valence-corrected chi connectivity index (χ1v) is 6.27. The summed E-state index contributed by atoms with van der Waals surface area (Å²) in [5, 5.41) is 14.8. The Morgan fingerprint density at radius 1 is 1.37 bits per heavy atom. The van der Waals surface area contributed by atoms with Crippen LogP contribution in [0.3, 0.4) is 0 Å². The first-order valence-electron chi connectivity index (χ1n) is 6.27. The van der Waals surface area contributed by atoms with Crippen molar-refractivity contribution in [3.8, 4) is 0 Å².